The van der Waals surface area contributed by atoms with Crippen LogP contribution in [0.15, 0.2) is 12.4 Å². The monoisotopic (exact) mass is 285 g/mol. The first-order valence-corrected chi connectivity index (χ1v) is 6.62. The first kappa shape index (κ1) is 13.9. The van der Waals surface area contributed by atoms with Crippen molar-refractivity contribution < 1.29 is 14.3 Å². The molecule has 104 valence electrons. The summed E-state index contributed by atoms with van der Waals surface area (Å²) in [6.45, 7) is 3.35. The van der Waals surface area contributed by atoms with Gasteiger partial charge < -0.3 is 14.4 Å². The van der Waals surface area contributed by atoms with Crippen molar-refractivity contribution in [1.29, 1.82) is 0 Å². The Hall–Kier alpha value is -1.56. The zero-order chi connectivity index (χ0) is 13.7. The lowest BCUT2D eigenvalue weighted by Crippen LogP contribution is -2.44. The maximum atomic E-state index is 11.6. The number of carbonyl (C=O) groups is 1. The number of rotatable bonds is 3. The standard InChI is InChI=1S/C12H16ClN3O3/c1-2-18-12(17)16-5-3-4-10(8-16)19-11-14-6-9(13)7-15-11/h6-7,10H,2-5,8H2,1H3. The molecule has 0 bridgehead atoms. The van der Waals surface area contributed by atoms with Crippen LogP contribution in [-0.2, 0) is 4.74 Å². The maximum absolute atomic E-state index is 11.6. The van der Waals surface area contributed by atoms with Crippen molar-refractivity contribution >= 4 is 17.7 Å². The van der Waals surface area contributed by atoms with Gasteiger partial charge in [-0.05, 0) is 19.8 Å². The van der Waals surface area contributed by atoms with Gasteiger partial charge in [-0.2, -0.15) is 0 Å². The molecule has 0 aromatic carbocycles. The van der Waals surface area contributed by atoms with E-state index in [0.717, 1.165) is 12.8 Å². The second-order valence-corrected chi connectivity index (χ2v) is 4.65. The van der Waals surface area contributed by atoms with Crippen molar-refractivity contribution in [3.63, 3.8) is 0 Å². The van der Waals surface area contributed by atoms with Crippen LogP contribution in [0.2, 0.25) is 5.02 Å². The van der Waals surface area contributed by atoms with Gasteiger partial charge in [-0.1, -0.05) is 11.6 Å². The Morgan fingerprint density at radius 1 is 1.53 bits per heavy atom. The van der Waals surface area contributed by atoms with E-state index in [4.69, 9.17) is 21.1 Å². The topological polar surface area (TPSA) is 64.5 Å². The minimum atomic E-state index is -0.298. The van der Waals surface area contributed by atoms with Gasteiger partial charge in [0.15, 0.2) is 0 Å². The van der Waals surface area contributed by atoms with Gasteiger partial charge >= 0.3 is 12.1 Å². The van der Waals surface area contributed by atoms with Crippen molar-refractivity contribution in [2.75, 3.05) is 19.7 Å². The summed E-state index contributed by atoms with van der Waals surface area (Å²) in [6.07, 6.45) is 4.29. The molecule has 0 radical (unpaired) electrons. The van der Waals surface area contributed by atoms with Crippen LogP contribution < -0.4 is 4.74 Å². The normalized spacial score (nSPS) is 19.1. The molecule has 1 amide bonds. The fraction of sp³-hybridized carbons (Fsp3) is 0.583. The van der Waals surface area contributed by atoms with Crippen LogP contribution in [0.4, 0.5) is 4.79 Å². The molecular weight excluding hydrogens is 270 g/mol. The smallest absolute Gasteiger partial charge is 0.409 e. The number of nitrogens with zero attached hydrogens (tertiary/aromatic N) is 3. The van der Waals surface area contributed by atoms with Gasteiger partial charge in [-0.25, -0.2) is 14.8 Å². The molecule has 1 atom stereocenters. The fourth-order valence-corrected chi connectivity index (χ4v) is 2.02. The largest absolute Gasteiger partial charge is 0.458 e. The molecular formula is C12H16ClN3O3. The summed E-state index contributed by atoms with van der Waals surface area (Å²) in [5, 5.41) is 0.462. The molecule has 2 rings (SSSR count). The Morgan fingerprint density at radius 3 is 2.95 bits per heavy atom. The van der Waals surface area contributed by atoms with Crippen LogP contribution in [0.1, 0.15) is 19.8 Å². The molecule has 0 spiro atoms. The summed E-state index contributed by atoms with van der Waals surface area (Å²) in [5.41, 5.74) is 0. The molecule has 2 heterocycles. The van der Waals surface area contributed by atoms with E-state index >= 15 is 0 Å². The Morgan fingerprint density at radius 2 is 2.26 bits per heavy atom. The first-order valence-electron chi connectivity index (χ1n) is 6.25. The highest BCUT2D eigenvalue weighted by molar-refractivity contribution is 6.30. The molecule has 7 heteroatoms. The quantitative estimate of drug-likeness (QED) is 0.851. The number of aromatic nitrogens is 2. The lowest BCUT2D eigenvalue weighted by Gasteiger charge is -2.31. The molecule has 1 fully saturated rings. The average Bonchev–Trinajstić information content (AvgIpc) is 2.42. The van der Waals surface area contributed by atoms with E-state index in [9.17, 15) is 4.79 Å². The van der Waals surface area contributed by atoms with E-state index in [0.29, 0.717) is 24.7 Å². The molecule has 1 aromatic rings. The van der Waals surface area contributed by atoms with Crippen LogP contribution in [0.3, 0.4) is 0 Å². The third kappa shape index (κ3) is 3.96. The zero-order valence-corrected chi connectivity index (χ0v) is 11.5. The molecule has 1 aliphatic heterocycles. The Labute approximate surface area is 116 Å². The predicted octanol–water partition coefficient (Wildman–Crippen LogP) is 2.13. The van der Waals surface area contributed by atoms with Gasteiger partial charge in [0.05, 0.1) is 30.6 Å². The lowest BCUT2D eigenvalue weighted by atomic mass is 10.1. The Bertz CT molecular complexity index is 427. The second-order valence-electron chi connectivity index (χ2n) is 4.21. The van der Waals surface area contributed by atoms with Crippen LogP contribution in [-0.4, -0.2) is 46.8 Å². The third-order valence-corrected chi connectivity index (χ3v) is 2.97. The van der Waals surface area contributed by atoms with Gasteiger partial charge in [0.25, 0.3) is 0 Å². The van der Waals surface area contributed by atoms with Crippen molar-refractivity contribution in [2.45, 2.75) is 25.9 Å². The fourth-order valence-electron chi connectivity index (χ4n) is 1.93. The van der Waals surface area contributed by atoms with Crippen LogP contribution in [0.25, 0.3) is 0 Å². The van der Waals surface area contributed by atoms with E-state index < -0.39 is 0 Å². The summed E-state index contributed by atoms with van der Waals surface area (Å²) in [4.78, 5) is 21.2. The van der Waals surface area contributed by atoms with E-state index in [1.807, 2.05) is 0 Å². The van der Waals surface area contributed by atoms with Crippen LogP contribution in [0.5, 0.6) is 6.01 Å². The van der Waals surface area contributed by atoms with Crippen LogP contribution in [0, 0.1) is 0 Å². The average molecular weight is 286 g/mol. The van der Waals surface area contributed by atoms with Gasteiger partial charge in [0.1, 0.15) is 6.10 Å². The molecule has 1 saturated heterocycles. The van der Waals surface area contributed by atoms with Gasteiger partial charge in [-0.15, -0.1) is 0 Å². The molecule has 6 nitrogen and oxygen atoms in total. The van der Waals surface area contributed by atoms with E-state index in [2.05, 4.69) is 9.97 Å². The molecule has 0 N–H and O–H groups in total. The summed E-state index contributed by atoms with van der Waals surface area (Å²) >= 11 is 5.70. The molecule has 1 aliphatic rings. The molecule has 19 heavy (non-hydrogen) atoms. The molecule has 0 saturated carbocycles. The highest BCUT2D eigenvalue weighted by atomic mass is 35.5. The Kier molecular flexibility index (Phi) is 4.79. The summed E-state index contributed by atoms with van der Waals surface area (Å²) in [7, 11) is 0. The number of carbonyl (C=O) groups excluding carboxylic acids is 1. The van der Waals surface area contributed by atoms with Gasteiger partial charge in [-0.3, -0.25) is 0 Å². The summed E-state index contributed by atoms with van der Waals surface area (Å²) in [6, 6.07) is 0.278. The molecule has 1 aromatic heterocycles. The molecule has 1 unspecified atom stereocenters. The van der Waals surface area contributed by atoms with Crippen molar-refractivity contribution in [3.05, 3.63) is 17.4 Å². The van der Waals surface area contributed by atoms with Crippen molar-refractivity contribution in [3.8, 4) is 6.01 Å². The van der Waals surface area contributed by atoms with Crippen molar-refractivity contribution in [2.24, 2.45) is 0 Å². The summed E-state index contributed by atoms with van der Waals surface area (Å²) in [5.74, 6) is 0. The zero-order valence-electron chi connectivity index (χ0n) is 10.7. The highest BCUT2D eigenvalue weighted by Crippen LogP contribution is 2.16. The van der Waals surface area contributed by atoms with Gasteiger partial charge in [0, 0.05) is 6.54 Å². The van der Waals surface area contributed by atoms with Crippen LogP contribution >= 0.6 is 11.6 Å². The predicted molar refractivity (Wildman–Crippen MR) is 69.3 cm³/mol. The van der Waals surface area contributed by atoms with Gasteiger partial charge in [0.2, 0.25) is 0 Å². The number of halogens is 1. The number of hydrogen-bond acceptors (Lipinski definition) is 5. The number of piperidine rings is 1. The minimum Gasteiger partial charge on any atom is -0.458 e. The lowest BCUT2D eigenvalue weighted by molar-refractivity contribution is 0.0575. The minimum absolute atomic E-state index is 0.112. The first-order chi connectivity index (χ1) is 9.19. The van der Waals surface area contributed by atoms with E-state index in [1.165, 1.54) is 12.4 Å². The van der Waals surface area contributed by atoms with E-state index in [-0.39, 0.29) is 18.2 Å². The Balaban J connectivity index is 1.90. The number of ether oxygens (including phenoxy) is 2. The maximum Gasteiger partial charge on any atom is 0.409 e. The second kappa shape index (κ2) is 6.56. The van der Waals surface area contributed by atoms with E-state index in [1.54, 1.807) is 11.8 Å². The number of amides is 1. The number of likely N-dealkylation sites (tertiary alicyclic amines) is 1. The van der Waals surface area contributed by atoms with Crippen molar-refractivity contribution in [1.82, 2.24) is 14.9 Å². The SMILES string of the molecule is CCOC(=O)N1CCCC(Oc2ncc(Cl)cn2)C1. The third-order valence-electron chi connectivity index (χ3n) is 2.77. The molecule has 0 aliphatic carbocycles. The number of hydrogen-bond donors (Lipinski definition) is 0. The summed E-state index contributed by atoms with van der Waals surface area (Å²) < 4.78 is 10.6. The highest BCUT2D eigenvalue weighted by Gasteiger charge is 2.26.